The van der Waals surface area contributed by atoms with Crippen molar-refractivity contribution < 1.29 is 8.42 Å². The lowest BCUT2D eigenvalue weighted by Crippen LogP contribution is -2.40. The fourth-order valence-corrected chi connectivity index (χ4v) is 4.16. The summed E-state index contributed by atoms with van der Waals surface area (Å²) in [5, 5.41) is 2.98. The molecule has 2 rings (SSSR count). The molecule has 1 unspecified atom stereocenters. The fourth-order valence-electron chi connectivity index (χ4n) is 2.89. The van der Waals surface area contributed by atoms with Gasteiger partial charge in [0.15, 0.2) is 0 Å². The van der Waals surface area contributed by atoms with E-state index in [-0.39, 0.29) is 11.5 Å². The summed E-state index contributed by atoms with van der Waals surface area (Å²) in [6.45, 7) is 4.41. The Hall–Kier alpha value is -1.07. The lowest BCUT2D eigenvalue weighted by Gasteiger charge is -2.35. The Labute approximate surface area is 122 Å². The second kappa shape index (κ2) is 5.74. The Balaban J connectivity index is 2.10. The SMILES string of the molecule is CNc1ccc(S(=O)(=O)NC2CCCC(C)(C)C2)cc1. The van der Waals surface area contributed by atoms with Crippen LogP contribution < -0.4 is 10.0 Å². The fraction of sp³-hybridized carbons (Fsp3) is 0.600. The van der Waals surface area contributed by atoms with E-state index in [1.165, 1.54) is 6.42 Å². The molecule has 1 aliphatic rings. The largest absolute Gasteiger partial charge is 0.388 e. The second-order valence-corrected chi connectivity index (χ2v) is 8.07. The number of hydrogen-bond donors (Lipinski definition) is 2. The first-order valence-corrected chi connectivity index (χ1v) is 8.61. The molecule has 0 heterocycles. The molecule has 4 nitrogen and oxygen atoms in total. The summed E-state index contributed by atoms with van der Waals surface area (Å²) >= 11 is 0. The molecule has 1 aromatic carbocycles. The molecule has 2 N–H and O–H groups in total. The monoisotopic (exact) mass is 296 g/mol. The minimum absolute atomic E-state index is 0.0488. The van der Waals surface area contributed by atoms with Gasteiger partial charge in [0.25, 0.3) is 0 Å². The molecule has 0 amide bonds. The molecular weight excluding hydrogens is 272 g/mol. The van der Waals surface area contributed by atoms with E-state index in [9.17, 15) is 8.42 Å². The van der Waals surface area contributed by atoms with Crippen molar-refractivity contribution >= 4 is 15.7 Å². The van der Waals surface area contributed by atoms with E-state index >= 15 is 0 Å². The van der Waals surface area contributed by atoms with Gasteiger partial charge in [0.2, 0.25) is 10.0 Å². The summed E-state index contributed by atoms with van der Waals surface area (Å²) in [5.41, 5.74) is 1.13. The molecule has 0 aliphatic heterocycles. The van der Waals surface area contributed by atoms with Gasteiger partial charge in [-0.2, -0.15) is 0 Å². The number of rotatable bonds is 4. The number of benzene rings is 1. The Morgan fingerprint density at radius 2 is 1.85 bits per heavy atom. The quantitative estimate of drug-likeness (QED) is 0.898. The maximum atomic E-state index is 12.4. The molecule has 5 heteroatoms. The highest BCUT2D eigenvalue weighted by molar-refractivity contribution is 7.89. The predicted molar refractivity (Wildman–Crippen MR) is 82.3 cm³/mol. The van der Waals surface area contributed by atoms with Crippen molar-refractivity contribution in [3.05, 3.63) is 24.3 Å². The average Bonchev–Trinajstić information content (AvgIpc) is 2.37. The van der Waals surface area contributed by atoms with Crippen LogP contribution in [0.2, 0.25) is 0 Å². The standard InChI is InChI=1S/C15H24N2O2S/c1-15(2)10-4-5-13(11-15)17-20(18,19)14-8-6-12(16-3)7-9-14/h6-9,13,16-17H,4-5,10-11H2,1-3H3. The molecule has 0 bridgehead atoms. The second-order valence-electron chi connectivity index (χ2n) is 6.35. The van der Waals surface area contributed by atoms with Crippen molar-refractivity contribution in [1.82, 2.24) is 4.72 Å². The lowest BCUT2D eigenvalue weighted by molar-refractivity contribution is 0.212. The van der Waals surface area contributed by atoms with Crippen LogP contribution in [0.4, 0.5) is 5.69 Å². The van der Waals surface area contributed by atoms with Crippen LogP contribution in [-0.2, 0) is 10.0 Å². The number of nitrogens with one attached hydrogen (secondary N) is 2. The molecule has 20 heavy (non-hydrogen) atoms. The average molecular weight is 296 g/mol. The maximum absolute atomic E-state index is 12.4. The van der Waals surface area contributed by atoms with Crippen LogP contribution in [-0.4, -0.2) is 21.5 Å². The predicted octanol–water partition coefficient (Wildman–Crippen LogP) is 2.98. The van der Waals surface area contributed by atoms with Gasteiger partial charge in [-0.3, -0.25) is 0 Å². The van der Waals surface area contributed by atoms with Crippen LogP contribution in [0.5, 0.6) is 0 Å². The van der Waals surface area contributed by atoms with Crippen LogP contribution in [0, 0.1) is 5.41 Å². The van der Waals surface area contributed by atoms with Gasteiger partial charge in [0.1, 0.15) is 0 Å². The third kappa shape index (κ3) is 3.73. The molecule has 1 aromatic rings. The first kappa shape index (κ1) is 15.3. The molecule has 112 valence electrons. The molecule has 1 atom stereocenters. The summed E-state index contributed by atoms with van der Waals surface area (Å²) in [4.78, 5) is 0.333. The topological polar surface area (TPSA) is 58.2 Å². The zero-order valence-electron chi connectivity index (χ0n) is 12.4. The number of sulfonamides is 1. The van der Waals surface area contributed by atoms with Crippen molar-refractivity contribution in [1.29, 1.82) is 0 Å². The van der Waals surface area contributed by atoms with E-state index in [2.05, 4.69) is 23.9 Å². The zero-order chi connectivity index (χ0) is 14.8. The number of hydrogen-bond acceptors (Lipinski definition) is 3. The Morgan fingerprint density at radius 1 is 1.20 bits per heavy atom. The van der Waals surface area contributed by atoms with Crippen LogP contribution in [0.25, 0.3) is 0 Å². The van der Waals surface area contributed by atoms with Gasteiger partial charge in [0.05, 0.1) is 4.90 Å². The molecule has 0 spiro atoms. The minimum atomic E-state index is -3.41. The van der Waals surface area contributed by atoms with Crippen LogP contribution in [0.3, 0.4) is 0 Å². The van der Waals surface area contributed by atoms with Crippen molar-refractivity contribution in [3.63, 3.8) is 0 Å². The van der Waals surface area contributed by atoms with Gasteiger partial charge in [-0.25, -0.2) is 13.1 Å². The molecule has 0 aromatic heterocycles. The van der Waals surface area contributed by atoms with Crippen molar-refractivity contribution in [2.24, 2.45) is 5.41 Å². The zero-order valence-corrected chi connectivity index (χ0v) is 13.3. The van der Waals surface area contributed by atoms with Crippen LogP contribution >= 0.6 is 0 Å². The first-order valence-electron chi connectivity index (χ1n) is 7.13. The lowest BCUT2D eigenvalue weighted by atomic mass is 9.75. The normalized spacial score (nSPS) is 22.4. The molecule has 0 radical (unpaired) electrons. The van der Waals surface area contributed by atoms with Crippen molar-refractivity contribution in [2.75, 3.05) is 12.4 Å². The van der Waals surface area contributed by atoms with Crippen LogP contribution in [0.1, 0.15) is 39.5 Å². The highest BCUT2D eigenvalue weighted by atomic mass is 32.2. The summed E-state index contributed by atoms with van der Waals surface area (Å²) in [6.07, 6.45) is 4.08. The molecular formula is C15H24N2O2S. The minimum Gasteiger partial charge on any atom is -0.388 e. The van der Waals surface area contributed by atoms with Gasteiger partial charge in [-0.15, -0.1) is 0 Å². The highest BCUT2D eigenvalue weighted by Gasteiger charge is 2.30. The summed E-state index contributed by atoms with van der Waals surface area (Å²) in [5.74, 6) is 0. The maximum Gasteiger partial charge on any atom is 0.240 e. The number of anilines is 1. The first-order chi connectivity index (χ1) is 9.32. The van der Waals surface area contributed by atoms with E-state index in [0.29, 0.717) is 4.90 Å². The molecule has 1 fully saturated rings. The van der Waals surface area contributed by atoms with Gasteiger partial charge in [-0.1, -0.05) is 20.3 Å². The van der Waals surface area contributed by atoms with Gasteiger partial charge in [0, 0.05) is 18.8 Å². The van der Waals surface area contributed by atoms with E-state index in [4.69, 9.17) is 0 Å². The third-order valence-electron chi connectivity index (χ3n) is 3.98. The molecule has 1 saturated carbocycles. The van der Waals surface area contributed by atoms with Gasteiger partial charge >= 0.3 is 0 Å². The van der Waals surface area contributed by atoms with Crippen molar-refractivity contribution in [2.45, 2.75) is 50.5 Å². The van der Waals surface area contributed by atoms with E-state index < -0.39 is 10.0 Å². The molecule has 0 saturated heterocycles. The van der Waals surface area contributed by atoms with Crippen molar-refractivity contribution in [3.8, 4) is 0 Å². The summed E-state index contributed by atoms with van der Waals surface area (Å²) < 4.78 is 27.6. The van der Waals surface area contributed by atoms with E-state index in [0.717, 1.165) is 24.9 Å². The van der Waals surface area contributed by atoms with Crippen LogP contribution in [0.15, 0.2) is 29.2 Å². The Bertz CT molecular complexity index is 550. The Morgan fingerprint density at radius 3 is 2.40 bits per heavy atom. The van der Waals surface area contributed by atoms with Gasteiger partial charge in [-0.05, 0) is 48.9 Å². The Kier molecular flexibility index (Phi) is 4.39. The van der Waals surface area contributed by atoms with E-state index in [1.54, 1.807) is 24.3 Å². The summed E-state index contributed by atoms with van der Waals surface area (Å²) in [7, 11) is -1.60. The highest BCUT2D eigenvalue weighted by Crippen LogP contribution is 2.35. The van der Waals surface area contributed by atoms with E-state index in [1.807, 2.05) is 7.05 Å². The smallest absolute Gasteiger partial charge is 0.240 e. The van der Waals surface area contributed by atoms with Gasteiger partial charge < -0.3 is 5.32 Å². The molecule has 1 aliphatic carbocycles. The summed E-state index contributed by atoms with van der Waals surface area (Å²) in [6, 6.07) is 6.89. The third-order valence-corrected chi connectivity index (χ3v) is 5.52.